The lowest BCUT2D eigenvalue weighted by Gasteiger charge is -2.27. The average molecular weight is 362 g/mol. The molecule has 126 valence electrons. The predicted octanol–water partition coefficient (Wildman–Crippen LogP) is 3.25. The van der Waals surface area contributed by atoms with Crippen LogP contribution in [0, 0.1) is 0 Å². The molecule has 0 N–H and O–H groups in total. The van der Waals surface area contributed by atoms with Crippen LogP contribution >= 0.6 is 23.1 Å². The first-order valence-electron chi connectivity index (χ1n) is 8.12. The number of ether oxygens (including phenoxy) is 1. The van der Waals surface area contributed by atoms with Gasteiger partial charge in [0.1, 0.15) is 5.69 Å². The van der Waals surface area contributed by atoms with E-state index in [9.17, 15) is 4.79 Å². The number of fused-ring (bicyclic) bond motifs is 1. The predicted molar refractivity (Wildman–Crippen MR) is 97.7 cm³/mol. The number of nitrogens with zero attached hydrogens (tertiary/aromatic N) is 4. The molecule has 0 aliphatic carbocycles. The Morgan fingerprint density at radius 3 is 2.96 bits per heavy atom. The van der Waals surface area contributed by atoms with E-state index in [1.807, 2.05) is 29.0 Å². The number of likely N-dealkylation sites (tertiary alicyclic amines) is 1. The quantitative estimate of drug-likeness (QED) is 0.785. The van der Waals surface area contributed by atoms with Gasteiger partial charge in [0, 0.05) is 24.7 Å². The fourth-order valence-corrected chi connectivity index (χ4v) is 4.55. The minimum atomic E-state index is -0.173. The topological polar surface area (TPSA) is 59.2 Å². The molecule has 4 heterocycles. The largest absolute Gasteiger partial charge is 0.476 e. The maximum absolute atomic E-state index is 12.3. The summed E-state index contributed by atoms with van der Waals surface area (Å²) in [4.78, 5) is 24.8. The van der Waals surface area contributed by atoms with E-state index in [1.54, 1.807) is 11.3 Å². The first-order valence-corrected chi connectivity index (χ1v) is 9.81. The molecule has 0 bridgehead atoms. The number of amidine groups is 1. The maximum Gasteiger partial charge on any atom is 0.286 e. The molecule has 0 saturated carbocycles. The Kier molecular flexibility index (Phi) is 4.32. The number of carbonyl (C=O) groups is 1. The smallest absolute Gasteiger partial charge is 0.286 e. The SMILES string of the molecule is CCOc1nc2sccn2c1C=C1SC(N2CCCCC2)=NC1=O. The van der Waals surface area contributed by atoms with Crippen molar-refractivity contribution in [1.82, 2.24) is 14.3 Å². The average Bonchev–Trinajstić information content (AvgIpc) is 3.27. The van der Waals surface area contributed by atoms with Crippen LogP contribution in [0.15, 0.2) is 21.5 Å². The van der Waals surface area contributed by atoms with E-state index < -0.39 is 0 Å². The van der Waals surface area contributed by atoms with Crippen molar-refractivity contribution in [3.05, 3.63) is 22.2 Å². The number of hydrogen-bond donors (Lipinski definition) is 0. The molecule has 8 heteroatoms. The number of aromatic nitrogens is 2. The van der Waals surface area contributed by atoms with Gasteiger partial charge in [0.25, 0.3) is 5.91 Å². The van der Waals surface area contributed by atoms with Crippen LogP contribution in [0.3, 0.4) is 0 Å². The molecule has 0 spiro atoms. The van der Waals surface area contributed by atoms with Crippen molar-refractivity contribution in [3.8, 4) is 5.88 Å². The Morgan fingerprint density at radius 2 is 2.17 bits per heavy atom. The molecule has 6 nitrogen and oxygen atoms in total. The van der Waals surface area contributed by atoms with Crippen molar-refractivity contribution < 1.29 is 9.53 Å². The Labute approximate surface area is 148 Å². The molecule has 1 fully saturated rings. The van der Waals surface area contributed by atoms with Crippen LogP contribution in [0.4, 0.5) is 0 Å². The molecule has 2 aliphatic rings. The van der Waals surface area contributed by atoms with Crippen molar-refractivity contribution in [1.29, 1.82) is 0 Å². The lowest BCUT2D eigenvalue weighted by Crippen LogP contribution is -2.33. The fraction of sp³-hybridized carbons (Fsp3) is 0.438. The summed E-state index contributed by atoms with van der Waals surface area (Å²) in [6.45, 7) is 4.44. The van der Waals surface area contributed by atoms with E-state index in [4.69, 9.17) is 4.74 Å². The number of thioether (sulfide) groups is 1. The Hall–Kier alpha value is -1.80. The molecule has 2 aliphatic heterocycles. The van der Waals surface area contributed by atoms with Crippen LogP contribution < -0.4 is 4.74 Å². The molecule has 1 amide bonds. The minimum Gasteiger partial charge on any atom is -0.476 e. The zero-order valence-electron chi connectivity index (χ0n) is 13.4. The standard InChI is InChI=1S/C16H18N4O2S2/c1-2-22-14-11(20-8-9-23-16(20)18-14)10-12-13(21)17-15(24-12)19-6-4-3-5-7-19/h8-10H,2-7H2,1H3. The summed E-state index contributed by atoms with van der Waals surface area (Å²) in [6.07, 6.45) is 7.39. The first-order chi connectivity index (χ1) is 11.8. The van der Waals surface area contributed by atoms with Gasteiger partial charge < -0.3 is 9.64 Å². The van der Waals surface area contributed by atoms with Gasteiger partial charge in [0.2, 0.25) is 5.88 Å². The molecule has 4 rings (SSSR count). The lowest BCUT2D eigenvalue weighted by molar-refractivity contribution is -0.113. The highest BCUT2D eigenvalue weighted by Gasteiger charge is 2.28. The van der Waals surface area contributed by atoms with Crippen LogP contribution in [0.5, 0.6) is 5.88 Å². The van der Waals surface area contributed by atoms with Crippen LogP contribution in [-0.4, -0.2) is 45.1 Å². The Morgan fingerprint density at radius 1 is 1.33 bits per heavy atom. The van der Waals surface area contributed by atoms with Gasteiger partial charge in [-0.1, -0.05) is 0 Å². The van der Waals surface area contributed by atoms with E-state index in [0.29, 0.717) is 17.4 Å². The molecule has 2 aromatic heterocycles. The van der Waals surface area contributed by atoms with Gasteiger partial charge in [-0.2, -0.15) is 9.98 Å². The molecule has 0 unspecified atom stereocenters. The third-order valence-corrected chi connectivity index (χ3v) is 5.85. The summed E-state index contributed by atoms with van der Waals surface area (Å²) in [7, 11) is 0. The second-order valence-electron chi connectivity index (χ2n) is 5.65. The summed E-state index contributed by atoms with van der Waals surface area (Å²) in [5.41, 5.74) is 0.805. The van der Waals surface area contributed by atoms with Crippen molar-refractivity contribution in [2.75, 3.05) is 19.7 Å². The van der Waals surface area contributed by atoms with E-state index >= 15 is 0 Å². The number of thiazole rings is 1. The number of imidazole rings is 1. The van der Waals surface area contributed by atoms with Gasteiger partial charge in [0.15, 0.2) is 10.1 Å². The van der Waals surface area contributed by atoms with Gasteiger partial charge in [-0.3, -0.25) is 9.20 Å². The molecule has 24 heavy (non-hydrogen) atoms. The number of aliphatic imine (C=N–C) groups is 1. The molecule has 0 radical (unpaired) electrons. The summed E-state index contributed by atoms with van der Waals surface area (Å²) in [6, 6.07) is 0. The number of piperidine rings is 1. The molecule has 1 saturated heterocycles. The molecular formula is C16H18N4O2S2. The summed E-state index contributed by atoms with van der Waals surface area (Å²) in [5, 5.41) is 2.80. The molecular weight excluding hydrogens is 344 g/mol. The van der Waals surface area contributed by atoms with E-state index in [-0.39, 0.29) is 5.91 Å². The third kappa shape index (κ3) is 2.84. The zero-order chi connectivity index (χ0) is 16.5. The van der Waals surface area contributed by atoms with Gasteiger partial charge in [0.05, 0.1) is 11.5 Å². The second-order valence-corrected chi connectivity index (χ2v) is 7.53. The fourth-order valence-electron chi connectivity index (χ4n) is 2.90. The van der Waals surface area contributed by atoms with Crippen molar-refractivity contribution in [2.45, 2.75) is 26.2 Å². The highest BCUT2D eigenvalue weighted by molar-refractivity contribution is 8.18. The lowest BCUT2D eigenvalue weighted by atomic mass is 10.1. The number of rotatable bonds is 3. The zero-order valence-corrected chi connectivity index (χ0v) is 15.0. The van der Waals surface area contributed by atoms with Crippen molar-refractivity contribution in [2.24, 2.45) is 4.99 Å². The highest BCUT2D eigenvalue weighted by Crippen LogP contribution is 2.34. The van der Waals surface area contributed by atoms with Crippen LogP contribution in [0.2, 0.25) is 0 Å². The van der Waals surface area contributed by atoms with Gasteiger partial charge in [-0.25, -0.2) is 0 Å². The Bertz CT molecular complexity index is 830. The number of carbonyl (C=O) groups excluding carboxylic acids is 1. The number of hydrogen-bond acceptors (Lipinski definition) is 6. The Balaban J connectivity index is 1.63. The highest BCUT2D eigenvalue weighted by atomic mass is 32.2. The van der Waals surface area contributed by atoms with Crippen molar-refractivity contribution in [3.63, 3.8) is 0 Å². The summed E-state index contributed by atoms with van der Waals surface area (Å²) in [5.74, 6) is 0.393. The van der Waals surface area contributed by atoms with E-state index in [1.165, 1.54) is 31.0 Å². The summed E-state index contributed by atoms with van der Waals surface area (Å²) >= 11 is 3.00. The van der Waals surface area contributed by atoms with E-state index in [0.717, 1.165) is 28.9 Å². The minimum absolute atomic E-state index is 0.173. The molecule has 0 atom stereocenters. The number of amides is 1. The van der Waals surface area contributed by atoms with Gasteiger partial charge in [-0.15, -0.1) is 11.3 Å². The normalized spacial score (nSPS) is 20.2. The maximum atomic E-state index is 12.3. The summed E-state index contributed by atoms with van der Waals surface area (Å²) < 4.78 is 7.58. The monoisotopic (exact) mass is 362 g/mol. The van der Waals surface area contributed by atoms with Gasteiger partial charge >= 0.3 is 0 Å². The van der Waals surface area contributed by atoms with Gasteiger partial charge in [-0.05, 0) is 44.0 Å². The molecule has 2 aromatic rings. The molecule has 0 aromatic carbocycles. The third-order valence-electron chi connectivity index (χ3n) is 4.05. The van der Waals surface area contributed by atoms with Crippen LogP contribution in [0.1, 0.15) is 31.9 Å². The second kappa shape index (κ2) is 6.60. The first kappa shape index (κ1) is 15.7. The van der Waals surface area contributed by atoms with E-state index in [2.05, 4.69) is 14.9 Å². The van der Waals surface area contributed by atoms with Crippen LogP contribution in [0.25, 0.3) is 11.0 Å². The van der Waals surface area contributed by atoms with Crippen molar-refractivity contribution >= 4 is 45.2 Å². The van der Waals surface area contributed by atoms with Crippen LogP contribution in [-0.2, 0) is 4.79 Å².